The van der Waals surface area contributed by atoms with Crippen molar-refractivity contribution in [3.63, 3.8) is 0 Å². The van der Waals surface area contributed by atoms with Crippen LogP contribution in [-0.4, -0.2) is 28.3 Å². The smallest absolute Gasteiger partial charge is 0.270 e. The maximum atomic E-state index is 12.4. The van der Waals surface area contributed by atoms with Gasteiger partial charge in [0.25, 0.3) is 11.6 Å². The zero-order chi connectivity index (χ0) is 13.3. The summed E-state index contributed by atoms with van der Waals surface area (Å²) in [4.78, 5) is 24.4. The Bertz CT molecular complexity index is 504. The summed E-state index contributed by atoms with van der Waals surface area (Å²) in [5.74, 6) is -0.104. The minimum atomic E-state index is -0.472. The van der Waals surface area contributed by atoms with E-state index in [-0.39, 0.29) is 17.6 Å². The van der Waals surface area contributed by atoms with Crippen LogP contribution in [-0.2, 0) is 0 Å². The first kappa shape index (κ1) is 13.3. The molecule has 1 aromatic carbocycles. The molecule has 0 aliphatic carbocycles. The Morgan fingerprint density at radius 3 is 2.83 bits per heavy atom. The molecule has 5 nitrogen and oxygen atoms in total. The van der Waals surface area contributed by atoms with E-state index in [1.54, 1.807) is 11.0 Å². The number of halogens is 1. The molecule has 2 rings (SSSR count). The van der Waals surface area contributed by atoms with Gasteiger partial charge in [0.05, 0.1) is 10.5 Å². The highest BCUT2D eigenvalue weighted by atomic mass is 127. The van der Waals surface area contributed by atoms with Gasteiger partial charge in [-0.15, -0.1) is 0 Å². The van der Waals surface area contributed by atoms with E-state index in [2.05, 4.69) is 0 Å². The number of carbonyl (C=O) groups excluding carboxylic acids is 1. The molecule has 0 N–H and O–H groups in total. The van der Waals surface area contributed by atoms with E-state index in [0.29, 0.717) is 5.56 Å². The molecule has 1 heterocycles. The van der Waals surface area contributed by atoms with E-state index in [1.165, 1.54) is 12.1 Å². The lowest BCUT2D eigenvalue weighted by Crippen LogP contribution is -2.34. The fraction of sp³-hybridized carbons (Fsp3) is 0.417. The Morgan fingerprint density at radius 2 is 2.28 bits per heavy atom. The first-order valence-corrected chi connectivity index (χ1v) is 6.83. The third-order valence-corrected chi connectivity index (χ3v) is 4.15. The predicted octanol–water partition coefficient (Wildman–Crippen LogP) is 2.82. The minimum Gasteiger partial charge on any atom is -0.336 e. The highest BCUT2D eigenvalue weighted by Crippen LogP contribution is 2.25. The van der Waals surface area contributed by atoms with Crippen LogP contribution in [0.5, 0.6) is 0 Å². The molecular weight excluding hydrogens is 347 g/mol. The molecule has 96 valence electrons. The van der Waals surface area contributed by atoms with Gasteiger partial charge in [-0.05, 0) is 48.4 Å². The number of hydrogen-bond acceptors (Lipinski definition) is 3. The topological polar surface area (TPSA) is 63.5 Å². The summed E-state index contributed by atoms with van der Waals surface area (Å²) in [6.07, 6.45) is 2.00. The molecule has 0 spiro atoms. The molecule has 6 heteroatoms. The first-order valence-electron chi connectivity index (χ1n) is 5.75. The number of carbonyl (C=O) groups is 1. The highest BCUT2D eigenvalue weighted by Gasteiger charge is 2.28. The lowest BCUT2D eigenvalue weighted by Gasteiger charge is -2.21. The maximum absolute atomic E-state index is 12.4. The summed E-state index contributed by atoms with van der Waals surface area (Å²) in [7, 11) is 0. The molecular formula is C12H13IN2O3. The molecule has 18 heavy (non-hydrogen) atoms. The van der Waals surface area contributed by atoms with Gasteiger partial charge in [0.1, 0.15) is 0 Å². The highest BCUT2D eigenvalue weighted by molar-refractivity contribution is 14.1. The Hall–Kier alpha value is -1.18. The van der Waals surface area contributed by atoms with Gasteiger partial charge < -0.3 is 4.90 Å². The van der Waals surface area contributed by atoms with Gasteiger partial charge in [-0.25, -0.2) is 0 Å². The van der Waals surface area contributed by atoms with Crippen molar-refractivity contribution >= 4 is 34.2 Å². The van der Waals surface area contributed by atoms with Crippen LogP contribution >= 0.6 is 22.6 Å². The van der Waals surface area contributed by atoms with E-state index in [9.17, 15) is 14.9 Å². The van der Waals surface area contributed by atoms with Gasteiger partial charge in [0.15, 0.2) is 0 Å². The molecule has 1 aromatic rings. The zero-order valence-electron chi connectivity index (χ0n) is 9.93. The fourth-order valence-electron chi connectivity index (χ4n) is 2.18. The van der Waals surface area contributed by atoms with Crippen LogP contribution in [0.3, 0.4) is 0 Å². The number of nitro benzene ring substituents is 1. The van der Waals surface area contributed by atoms with Gasteiger partial charge in [-0.3, -0.25) is 14.9 Å². The lowest BCUT2D eigenvalue weighted by molar-refractivity contribution is -0.384. The average molecular weight is 360 g/mol. The number of benzene rings is 1. The molecule has 1 fully saturated rings. The Labute approximate surface area is 118 Å². The van der Waals surface area contributed by atoms with E-state index < -0.39 is 4.92 Å². The van der Waals surface area contributed by atoms with Gasteiger partial charge in [0, 0.05) is 28.3 Å². The van der Waals surface area contributed by atoms with Crippen LogP contribution in [0.25, 0.3) is 0 Å². The van der Waals surface area contributed by atoms with E-state index in [1.807, 2.05) is 29.5 Å². The molecule has 0 radical (unpaired) electrons. The van der Waals surface area contributed by atoms with Crippen molar-refractivity contribution in [1.29, 1.82) is 0 Å². The quantitative estimate of drug-likeness (QED) is 0.463. The van der Waals surface area contributed by atoms with Crippen LogP contribution in [0, 0.1) is 13.7 Å². The number of hydrogen-bond donors (Lipinski definition) is 0. The monoisotopic (exact) mass is 360 g/mol. The number of non-ortho nitro benzene ring substituents is 1. The van der Waals surface area contributed by atoms with Crippen molar-refractivity contribution in [2.24, 2.45) is 0 Å². The maximum Gasteiger partial charge on any atom is 0.270 e. The number of nitro groups is 1. The molecule has 1 saturated heterocycles. The normalized spacial score (nSPS) is 19.0. The first-order chi connectivity index (χ1) is 8.50. The van der Waals surface area contributed by atoms with Gasteiger partial charge in [-0.1, -0.05) is 0 Å². The SMILES string of the molecule is CC1CCCN1C(=O)c1cc([N+](=O)[O-])ccc1I. The second-order valence-electron chi connectivity index (χ2n) is 4.41. The van der Waals surface area contributed by atoms with Crippen molar-refractivity contribution in [2.75, 3.05) is 6.54 Å². The Morgan fingerprint density at radius 1 is 1.56 bits per heavy atom. The van der Waals surface area contributed by atoms with Crippen molar-refractivity contribution in [1.82, 2.24) is 4.90 Å². The Balaban J connectivity index is 2.34. The van der Waals surface area contributed by atoms with E-state index >= 15 is 0 Å². The summed E-state index contributed by atoms with van der Waals surface area (Å²) >= 11 is 2.04. The number of amides is 1. The number of likely N-dealkylation sites (tertiary alicyclic amines) is 1. The van der Waals surface area contributed by atoms with Crippen LogP contribution in [0.1, 0.15) is 30.1 Å². The van der Waals surface area contributed by atoms with Crippen molar-refractivity contribution in [3.05, 3.63) is 37.4 Å². The second-order valence-corrected chi connectivity index (χ2v) is 5.57. The van der Waals surface area contributed by atoms with E-state index in [0.717, 1.165) is 23.0 Å². The van der Waals surface area contributed by atoms with Crippen LogP contribution in [0.15, 0.2) is 18.2 Å². The molecule has 1 aliphatic heterocycles. The predicted molar refractivity (Wildman–Crippen MR) is 75.5 cm³/mol. The largest absolute Gasteiger partial charge is 0.336 e. The summed E-state index contributed by atoms with van der Waals surface area (Å²) in [6.45, 7) is 2.74. The average Bonchev–Trinajstić information content (AvgIpc) is 2.75. The zero-order valence-corrected chi connectivity index (χ0v) is 12.1. The molecule has 0 saturated carbocycles. The summed E-state index contributed by atoms with van der Waals surface area (Å²) in [5, 5.41) is 10.8. The van der Waals surface area contributed by atoms with Crippen molar-refractivity contribution < 1.29 is 9.72 Å². The number of rotatable bonds is 2. The standard InChI is InChI=1S/C12H13IN2O3/c1-8-3-2-6-14(8)12(16)10-7-9(15(17)18)4-5-11(10)13/h4-5,7-8H,2-3,6H2,1H3. The molecule has 1 atom stereocenters. The van der Waals surface area contributed by atoms with E-state index in [4.69, 9.17) is 0 Å². The van der Waals surface area contributed by atoms with Crippen molar-refractivity contribution in [3.8, 4) is 0 Å². The third-order valence-electron chi connectivity index (χ3n) is 3.21. The summed E-state index contributed by atoms with van der Waals surface area (Å²) < 4.78 is 0.752. The van der Waals surface area contributed by atoms with Gasteiger partial charge in [0.2, 0.25) is 0 Å². The molecule has 1 unspecified atom stereocenters. The molecule has 0 bridgehead atoms. The number of nitrogens with zero attached hydrogens (tertiary/aromatic N) is 2. The van der Waals surface area contributed by atoms with Gasteiger partial charge >= 0.3 is 0 Å². The van der Waals surface area contributed by atoms with Gasteiger partial charge in [-0.2, -0.15) is 0 Å². The van der Waals surface area contributed by atoms with Crippen LogP contribution in [0.4, 0.5) is 5.69 Å². The third kappa shape index (κ3) is 2.47. The van der Waals surface area contributed by atoms with Crippen molar-refractivity contribution in [2.45, 2.75) is 25.8 Å². The second kappa shape index (κ2) is 5.21. The van der Waals surface area contributed by atoms with Crippen LogP contribution < -0.4 is 0 Å². The minimum absolute atomic E-state index is 0.0365. The fourth-order valence-corrected chi connectivity index (χ4v) is 2.75. The molecule has 1 amide bonds. The van der Waals surface area contributed by atoms with Crippen LogP contribution in [0.2, 0.25) is 0 Å². The summed E-state index contributed by atoms with van der Waals surface area (Å²) in [5.41, 5.74) is 0.393. The molecule has 1 aliphatic rings. The summed E-state index contributed by atoms with van der Waals surface area (Å²) in [6, 6.07) is 4.63. The lowest BCUT2D eigenvalue weighted by atomic mass is 10.1. The molecule has 0 aromatic heterocycles. The Kier molecular flexibility index (Phi) is 3.84.